The van der Waals surface area contributed by atoms with Gasteiger partial charge in [-0.1, -0.05) is 6.07 Å². The minimum absolute atomic E-state index is 0.159. The van der Waals surface area contributed by atoms with Crippen LogP contribution in [-0.4, -0.2) is 27.2 Å². The molecule has 0 radical (unpaired) electrons. The Hall–Kier alpha value is -2.37. The second-order valence-electron chi connectivity index (χ2n) is 3.97. The van der Waals surface area contributed by atoms with Crippen molar-refractivity contribution in [3.8, 4) is 5.75 Å². The van der Waals surface area contributed by atoms with Crippen LogP contribution in [0.2, 0.25) is 0 Å². The van der Waals surface area contributed by atoms with E-state index >= 15 is 0 Å². The Balaban J connectivity index is 2.07. The number of aryl methyl sites for hydroxylation is 1. The maximum Gasteiger partial charge on any atom is 0.339 e. The van der Waals surface area contributed by atoms with Crippen molar-refractivity contribution in [3.05, 3.63) is 47.8 Å². The molecule has 19 heavy (non-hydrogen) atoms. The first-order valence-corrected chi connectivity index (χ1v) is 5.70. The third kappa shape index (κ3) is 2.90. The van der Waals surface area contributed by atoms with Crippen molar-refractivity contribution >= 4 is 5.97 Å². The highest BCUT2D eigenvalue weighted by atomic mass is 19.1. The quantitative estimate of drug-likeness (QED) is 0.895. The standard InChI is InChI=1S/C13H13FN2O3/c1-16-7-6-15-11(16)5-8-19-12-9(13(17)18)3-2-4-10(12)14/h2-4,6-7H,5,8H2,1H3,(H,17,18). The summed E-state index contributed by atoms with van der Waals surface area (Å²) in [5.74, 6) is -1.34. The van der Waals surface area contributed by atoms with Gasteiger partial charge in [0, 0.05) is 25.9 Å². The molecule has 0 atom stereocenters. The van der Waals surface area contributed by atoms with Crippen LogP contribution >= 0.6 is 0 Å². The average Bonchev–Trinajstić information content (AvgIpc) is 2.77. The molecule has 0 aliphatic carbocycles. The highest BCUT2D eigenvalue weighted by Gasteiger charge is 2.15. The van der Waals surface area contributed by atoms with Crippen molar-refractivity contribution < 1.29 is 19.0 Å². The second-order valence-corrected chi connectivity index (χ2v) is 3.97. The Kier molecular flexibility index (Phi) is 3.79. The molecule has 100 valence electrons. The minimum atomic E-state index is -1.22. The van der Waals surface area contributed by atoms with E-state index < -0.39 is 11.8 Å². The Labute approximate surface area is 109 Å². The van der Waals surface area contributed by atoms with E-state index in [1.54, 1.807) is 12.4 Å². The number of hydrogen-bond donors (Lipinski definition) is 1. The summed E-state index contributed by atoms with van der Waals surface area (Å²) in [4.78, 5) is 15.1. The lowest BCUT2D eigenvalue weighted by molar-refractivity contribution is 0.0691. The second kappa shape index (κ2) is 5.51. The number of imidazole rings is 1. The molecule has 0 saturated carbocycles. The van der Waals surface area contributed by atoms with Gasteiger partial charge in [0.15, 0.2) is 11.6 Å². The maximum atomic E-state index is 13.5. The van der Waals surface area contributed by atoms with Gasteiger partial charge in [-0.3, -0.25) is 0 Å². The van der Waals surface area contributed by atoms with Crippen LogP contribution in [0, 0.1) is 5.82 Å². The monoisotopic (exact) mass is 264 g/mol. The summed E-state index contributed by atoms with van der Waals surface area (Å²) in [7, 11) is 1.84. The number of halogens is 1. The molecule has 0 unspecified atom stereocenters. The summed E-state index contributed by atoms with van der Waals surface area (Å²) >= 11 is 0. The van der Waals surface area contributed by atoms with Crippen LogP contribution in [-0.2, 0) is 13.5 Å². The zero-order valence-electron chi connectivity index (χ0n) is 10.3. The number of aromatic nitrogens is 2. The van der Waals surface area contributed by atoms with E-state index in [0.29, 0.717) is 6.42 Å². The van der Waals surface area contributed by atoms with Crippen LogP contribution in [0.3, 0.4) is 0 Å². The lowest BCUT2D eigenvalue weighted by Crippen LogP contribution is -2.10. The fraction of sp³-hybridized carbons (Fsp3) is 0.231. The van der Waals surface area contributed by atoms with E-state index in [1.165, 1.54) is 18.2 Å². The molecule has 6 heteroatoms. The van der Waals surface area contributed by atoms with Gasteiger partial charge in [-0.15, -0.1) is 0 Å². The normalized spacial score (nSPS) is 10.4. The number of carboxylic acid groups (broad SMARTS) is 1. The lowest BCUT2D eigenvalue weighted by Gasteiger charge is -2.09. The molecule has 1 aromatic carbocycles. The van der Waals surface area contributed by atoms with Crippen LogP contribution < -0.4 is 4.74 Å². The fourth-order valence-electron chi connectivity index (χ4n) is 1.71. The maximum absolute atomic E-state index is 13.5. The third-order valence-electron chi connectivity index (χ3n) is 2.69. The predicted octanol–water partition coefficient (Wildman–Crippen LogP) is 1.88. The first-order valence-electron chi connectivity index (χ1n) is 5.70. The van der Waals surface area contributed by atoms with Crippen molar-refractivity contribution in [2.24, 2.45) is 7.05 Å². The number of hydrogen-bond acceptors (Lipinski definition) is 3. The molecule has 5 nitrogen and oxygen atoms in total. The molecule has 0 fully saturated rings. The van der Waals surface area contributed by atoms with Crippen molar-refractivity contribution in [2.75, 3.05) is 6.61 Å². The zero-order chi connectivity index (χ0) is 13.8. The van der Waals surface area contributed by atoms with Gasteiger partial charge in [0.1, 0.15) is 11.4 Å². The Morgan fingerprint density at radius 3 is 2.95 bits per heavy atom. The SMILES string of the molecule is Cn1ccnc1CCOc1c(F)cccc1C(=O)O. The number of carboxylic acids is 1. The third-order valence-corrected chi connectivity index (χ3v) is 2.69. The molecule has 1 heterocycles. The lowest BCUT2D eigenvalue weighted by atomic mass is 10.2. The van der Waals surface area contributed by atoms with Crippen molar-refractivity contribution in [1.29, 1.82) is 0 Å². The van der Waals surface area contributed by atoms with Crippen molar-refractivity contribution in [3.63, 3.8) is 0 Å². The number of benzene rings is 1. The molecule has 0 amide bonds. The number of para-hydroxylation sites is 1. The van der Waals surface area contributed by atoms with Crippen LogP contribution in [0.1, 0.15) is 16.2 Å². The van der Waals surface area contributed by atoms with Crippen molar-refractivity contribution in [2.45, 2.75) is 6.42 Å². The van der Waals surface area contributed by atoms with Gasteiger partial charge in [-0.25, -0.2) is 14.2 Å². The highest BCUT2D eigenvalue weighted by Crippen LogP contribution is 2.22. The highest BCUT2D eigenvalue weighted by molar-refractivity contribution is 5.90. The number of carbonyl (C=O) groups is 1. The fourth-order valence-corrected chi connectivity index (χ4v) is 1.71. The van der Waals surface area contributed by atoms with Gasteiger partial charge in [0.05, 0.1) is 6.61 Å². The molecule has 0 aliphatic heterocycles. The van der Waals surface area contributed by atoms with Crippen LogP contribution in [0.25, 0.3) is 0 Å². The number of ether oxygens (including phenoxy) is 1. The van der Waals surface area contributed by atoms with E-state index in [9.17, 15) is 9.18 Å². The average molecular weight is 264 g/mol. The molecule has 1 aromatic heterocycles. The van der Waals surface area contributed by atoms with Gasteiger partial charge >= 0.3 is 5.97 Å². The number of nitrogens with zero attached hydrogens (tertiary/aromatic N) is 2. The summed E-state index contributed by atoms with van der Waals surface area (Å²) in [5, 5.41) is 8.95. The molecule has 1 N–H and O–H groups in total. The van der Waals surface area contributed by atoms with Crippen LogP contribution in [0.4, 0.5) is 4.39 Å². The molecule has 0 spiro atoms. The minimum Gasteiger partial charge on any atom is -0.489 e. The van der Waals surface area contributed by atoms with Gasteiger partial charge in [-0.05, 0) is 12.1 Å². The van der Waals surface area contributed by atoms with Gasteiger partial charge < -0.3 is 14.4 Å². The molecule has 2 aromatic rings. The molecular formula is C13H13FN2O3. The Morgan fingerprint density at radius 1 is 1.53 bits per heavy atom. The van der Waals surface area contributed by atoms with E-state index in [4.69, 9.17) is 9.84 Å². The van der Waals surface area contributed by atoms with E-state index in [1.807, 2.05) is 11.6 Å². The summed E-state index contributed by atoms with van der Waals surface area (Å²) in [6.45, 7) is 0.159. The smallest absolute Gasteiger partial charge is 0.339 e. The van der Waals surface area contributed by atoms with E-state index in [2.05, 4.69) is 4.98 Å². The van der Waals surface area contributed by atoms with Crippen LogP contribution in [0.5, 0.6) is 5.75 Å². The molecule has 2 rings (SSSR count). The first-order chi connectivity index (χ1) is 9.09. The summed E-state index contributed by atoms with van der Waals surface area (Å²) in [5.41, 5.74) is -0.181. The predicted molar refractivity (Wildman–Crippen MR) is 65.8 cm³/mol. The number of aromatic carboxylic acids is 1. The number of rotatable bonds is 5. The topological polar surface area (TPSA) is 64.4 Å². The van der Waals surface area contributed by atoms with E-state index in [-0.39, 0.29) is 17.9 Å². The summed E-state index contributed by atoms with van der Waals surface area (Å²) in [6.07, 6.45) is 3.92. The van der Waals surface area contributed by atoms with Crippen molar-refractivity contribution in [1.82, 2.24) is 9.55 Å². The first kappa shape index (κ1) is 13.1. The zero-order valence-corrected chi connectivity index (χ0v) is 10.3. The summed E-state index contributed by atoms with van der Waals surface area (Å²) < 4.78 is 20.6. The Morgan fingerprint density at radius 2 is 2.32 bits per heavy atom. The molecular weight excluding hydrogens is 251 g/mol. The largest absolute Gasteiger partial charge is 0.489 e. The molecule has 0 saturated heterocycles. The summed E-state index contributed by atoms with van der Waals surface area (Å²) in [6, 6.07) is 3.81. The Bertz CT molecular complexity index is 595. The van der Waals surface area contributed by atoms with E-state index in [0.717, 1.165) is 5.82 Å². The molecule has 0 aliphatic rings. The molecule has 0 bridgehead atoms. The van der Waals surface area contributed by atoms with Gasteiger partial charge in [0.25, 0.3) is 0 Å². The van der Waals surface area contributed by atoms with Gasteiger partial charge in [0.2, 0.25) is 0 Å². The van der Waals surface area contributed by atoms with Gasteiger partial charge in [-0.2, -0.15) is 0 Å². The van der Waals surface area contributed by atoms with Crippen LogP contribution in [0.15, 0.2) is 30.6 Å².